The lowest BCUT2D eigenvalue weighted by Crippen LogP contribution is -2.34. The molecule has 0 radical (unpaired) electrons. The molecule has 0 aromatic rings. The fourth-order valence-corrected chi connectivity index (χ4v) is 2.36. The van der Waals surface area contributed by atoms with E-state index in [0.717, 1.165) is 58.3 Å². The van der Waals surface area contributed by atoms with Crippen LogP contribution in [0.1, 0.15) is 46.0 Å². The monoisotopic (exact) mass is 274 g/mol. The van der Waals surface area contributed by atoms with Gasteiger partial charge in [0.05, 0.1) is 12.2 Å². The highest BCUT2D eigenvalue weighted by Crippen LogP contribution is 2.01. The Kier molecular flexibility index (Phi) is 11.6. The summed E-state index contributed by atoms with van der Waals surface area (Å²) in [6.45, 7) is 7.70. The van der Waals surface area contributed by atoms with Gasteiger partial charge in [-0.3, -0.25) is 0 Å². The van der Waals surface area contributed by atoms with Crippen LogP contribution in [0.3, 0.4) is 0 Å². The number of hydrogen-bond donors (Lipinski definition) is 2. The van der Waals surface area contributed by atoms with Gasteiger partial charge in [0.1, 0.15) is 0 Å². The van der Waals surface area contributed by atoms with Crippen LogP contribution in [0.4, 0.5) is 0 Å². The Morgan fingerprint density at radius 2 is 1.16 bits per heavy atom. The molecule has 4 heteroatoms. The van der Waals surface area contributed by atoms with Gasteiger partial charge in [-0.1, -0.05) is 26.7 Å². The molecule has 0 spiro atoms. The average Bonchev–Trinajstić information content (AvgIpc) is 2.28. The van der Waals surface area contributed by atoms with E-state index in [1.54, 1.807) is 0 Å². The number of aliphatic hydroxyl groups is 2. The van der Waals surface area contributed by atoms with Gasteiger partial charge in [0.15, 0.2) is 0 Å². The zero-order chi connectivity index (χ0) is 14.7. The Bertz CT molecular complexity index is 183. The molecule has 116 valence electrons. The molecule has 2 N–H and O–H groups in total. The van der Waals surface area contributed by atoms with Crippen LogP contribution < -0.4 is 0 Å². The molecular formula is C15H34N2O2. The summed E-state index contributed by atoms with van der Waals surface area (Å²) in [6, 6.07) is 0. The Morgan fingerprint density at radius 3 is 1.47 bits per heavy atom. The largest absolute Gasteiger partial charge is 0.392 e. The lowest BCUT2D eigenvalue weighted by molar-refractivity contribution is 0.105. The molecule has 0 heterocycles. The molecular weight excluding hydrogens is 240 g/mol. The van der Waals surface area contributed by atoms with E-state index in [0.29, 0.717) is 0 Å². The first-order chi connectivity index (χ1) is 8.99. The van der Waals surface area contributed by atoms with Crippen molar-refractivity contribution >= 4 is 0 Å². The maximum atomic E-state index is 9.72. The third-order valence-corrected chi connectivity index (χ3v) is 3.37. The highest BCUT2D eigenvalue weighted by Gasteiger charge is 2.09. The molecule has 0 bridgehead atoms. The minimum absolute atomic E-state index is 0.195. The molecule has 0 aliphatic rings. The molecule has 0 aromatic heterocycles. The van der Waals surface area contributed by atoms with Crippen molar-refractivity contribution in [2.75, 3.05) is 40.3 Å². The fourth-order valence-electron chi connectivity index (χ4n) is 2.36. The molecule has 0 fully saturated rings. The van der Waals surface area contributed by atoms with Crippen LogP contribution in [-0.2, 0) is 0 Å². The van der Waals surface area contributed by atoms with Gasteiger partial charge >= 0.3 is 0 Å². The molecule has 4 nitrogen and oxygen atoms in total. The fraction of sp³-hybridized carbons (Fsp3) is 1.00. The van der Waals surface area contributed by atoms with E-state index in [-0.39, 0.29) is 12.2 Å². The molecule has 0 amide bonds. The molecule has 0 aliphatic carbocycles. The van der Waals surface area contributed by atoms with Crippen molar-refractivity contribution in [3.05, 3.63) is 0 Å². The maximum absolute atomic E-state index is 9.72. The second kappa shape index (κ2) is 11.6. The summed E-state index contributed by atoms with van der Waals surface area (Å²) in [4.78, 5) is 4.38. The third-order valence-electron chi connectivity index (χ3n) is 3.37. The summed E-state index contributed by atoms with van der Waals surface area (Å²) in [6.07, 6.45) is 4.52. The highest BCUT2D eigenvalue weighted by molar-refractivity contribution is 4.64. The van der Waals surface area contributed by atoms with E-state index < -0.39 is 0 Å². The highest BCUT2D eigenvalue weighted by atomic mass is 16.3. The van der Waals surface area contributed by atoms with Crippen LogP contribution in [0.15, 0.2) is 0 Å². The second-order valence-electron chi connectivity index (χ2n) is 5.76. The molecule has 0 saturated heterocycles. The Hall–Kier alpha value is -0.160. The standard InChI is InChI=1S/C15H34N2O2/c1-5-8-14(18)12-16(3)10-7-11-17(4)13-15(19)9-6-2/h14-15,18-19H,5-13H2,1-4H3. The third kappa shape index (κ3) is 11.4. The Balaban J connectivity index is 3.60. The first-order valence-electron chi connectivity index (χ1n) is 7.72. The van der Waals surface area contributed by atoms with E-state index in [4.69, 9.17) is 0 Å². The van der Waals surface area contributed by atoms with E-state index in [9.17, 15) is 10.2 Å². The quantitative estimate of drug-likeness (QED) is 0.567. The molecule has 0 saturated carbocycles. The molecule has 0 aliphatic heterocycles. The summed E-state index contributed by atoms with van der Waals surface area (Å²) >= 11 is 0. The number of nitrogens with zero attached hydrogens (tertiary/aromatic N) is 2. The van der Waals surface area contributed by atoms with Crippen molar-refractivity contribution in [2.24, 2.45) is 0 Å². The van der Waals surface area contributed by atoms with Crippen LogP contribution >= 0.6 is 0 Å². The second-order valence-corrected chi connectivity index (χ2v) is 5.76. The SMILES string of the molecule is CCCC(O)CN(C)CCCN(C)CC(O)CCC. The summed E-state index contributed by atoms with van der Waals surface area (Å²) in [5.41, 5.74) is 0. The van der Waals surface area contributed by atoms with Gasteiger partial charge in [0, 0.05) is 13.1 Å². The van der Waals surface area contributed by atoms with Crippen LogP contribution in [0, 0.1) is 0 Å². The van der Waals surface area contributed by atoms with Crippen molar-refractivity contribution in [3.8, 4) is 0 Å². The van der Waals surface area contributed by atoms with Crippen LogP contribution in [0.25, 0.3) is 0 Å². The van der Waals surface area contributed by atoms with Gasteiger partial charge in [-0.15, -0.1) is 0 Å². The van der Waals surface area contributed by atoms with Gasteiger partial charge in [0.25, 0.3) is 0 Å². The maximum Gasteiger partial charge on any atom is 0.0666 e. The average molecular weight is 274 g/mol. The molecule has 2 atom stereocenters. The summed E-state index contributed by atoms with van der Waals surface area (Å²) in [5, 5.41) is 19.4. The van der Waals surface area contributed by atoms with Gasteiger partial charge < -0.3 is 20.0 Å². The molecule has 0 aromatic carbocycles. The minimum Gasteiger partial charge on any atom is -0.392 e. The van der Waals surface area contributed by atoms with Crippen LogP contribution in [0.2, 0.25) is 0 Å². The topological polar surface area (TPSA) is 46.9 Å². The van der Waals surface area contributed by atoms with Crippen molar-refractivity contribution in [2.45, 2.75) is 58.2 Å². The molecule has 19 heavy (non-hydrogen) atoms. The number of hydrogen-bond acceptors (Lipinski definition) is 4. The molecule has 0 rings (SSSR count). The van der Waals surface area contributed by atoms with Crippen LogP contribution in [0.5, 0.6) is 0 Å². The molecule has 2 unspecified atom stereocenters. The predicted molar refractivity (Wildman–Crippen MR) is 81.4 cm³/mol. The summed E-state index contributed by atoms with van der Waals surface area (Å²) in [5.74, 6) is 0. The van der Waals surface area contributed by atoms with E-state index in [1.807, 2.05) is 0 Å². The summed E-state index contributed by atoms with van der Waals surface area (Å²) in [7, 11) is 4.12. The first kappa shape index (κ1) is 18.8. The van der Waals surface area contributed by atoms with Gasteiger partial charge in [-0.25, -0.2) is 0 Å². The van der Waals surface area contributed by atoms with E-state index in [2.05, 4.69) is 37.7 Å². The number of rotatable bonds is 12. The normalized spacial score (nSPS) is 15.2. The van der Waals surface area contributed by atoms with Crippen LogP contribution in [-0.4, -0.2) is 72.5 Å². The van der Waals surface area contributed by atoms with Gasteiger partial charge in [-0.05, 0) is 46.4 Å². The van der Waals surface area contributed by atoms with Crippen molar-refractivity contribution < 1.29 is 10.2 Å². The minimum atomic E-state index is -0.195. The summed E-state index contributed by atoms with van der Waals surface area (Å²) < 4.78 is 0. The lowest BCUT2D eigenvalue weighted by atomic mass is 10.2. The predicted octanol–water partition coefficient (Wildman–Crippen LogP) is 1.56. The smallest absolute Gasteiger partial charge is 0.0666 e. The van der Waals surface area contributed by atoms with Crippen molar-refractivity contribution in [1.29, 1.82) is 0 Å². The lowest BCUT2D eigenvalue weighted by Gasteiger charge is -2.23. The van der Waals surface area contributed by atoms with Crippen molar-refractivity contribution in [1.82, 2.24) is 9.80 Å². The number of likely N-dealkylation sites (N-methyl/N-ethyl adjacent to an activating group) is 2. The van der Waals surface area contributed by atoms with E-state index in [1.165, 1.54) is 0 Å². The Labute approximate surface area is 119 Å². The zero-order valence-electron chi connectivity index (χ0n) is 13.3. The van der Waals surface area contributed by atoms with Crippen molar-refractivity contribution in [3.63, 3.8) is 0 Å². The van der Waals surface area contributed by atoms with Gasteiger partial charge in [-0.2, -0.15) is 0 Å². The Morgan fingerprint density at radius 1 is 0.789 bits per heavy atom. The van der Waals surface area contributed by atoms with Gasteiger partial charge in [0.2, 0.25) is 0 Å². The first-order valence-corrected chi connectivity index (χ1v) is 7.72. The number of aliphatic hydroxyl groups excluding tert-OH is 2. The van der Waals surface area contributed by atoms with E-state index >= 15 is 0 Å². The zero-order valence-corrected chi connectivity index (χ0v) is 13.3.